The van der Waals surface area contributed by atoms with Crippen molar-refractivity contribution in [2.45, 2.75) is 44.1 Å². The first-order chi connectivity index (χ1) is 18.9. The summed E-state index contributed by atoms with van der Waals surface area (Å²) in [4.78, 5) is 43.5. The second-order valence-corrected chi connectivity index (χ2v) is 11.7. The van der Waals surface area contributed by atoms with Crippen LogP contribution in [-0.4, -0.2) is 37.7 Å². The van der Waals surface area contributed by atoms with E-state index in [9.17, 15) is 14.4 Å². The van der Waals surface area contributed by atoms with Gasteiger partial charge in [0.2, 0.25) is 5.60 Å². The number of anilines is 1. The minimum Gasteiger partial charge on any atom is -0.467 e. The van der Waals surface area contributed by atoms with Crippen LogP contribution in [0.15, 0.2) is 77.3 Å². The van der Waals surface area contributed by atoms with E-state index in [4.69, 9.17) is 25.8 Å². The first-order valence-electron chi connectivity index (χ1n) is 12.5. The molecule has 0 fully saturated rings. The van der Waals surface area contributed by atoms with Gasteiger partial charge in [-0.1, -0.05) is 70.0 Å². The van der Waals surface area contributed by atoms with Crippen LogP contribution in [0, 0.1) is 0 Å². The average molecular weight is 630 g/mol. The third-order valence-electron chi connectivity index (χ3n) is 6.60. The standard InChI is InChI=1S/C30H30BrClN2O6/c1-28(2,3)40-27(37)33-29(23-8-6-7-9-24(23)34(4)25(29)35)30(26(36)38-5,20-12-14-21(31)15-13-20)39-18-19-10-16-22(32)17-11-19/h6-17H,18H2,1-5H3,(H,33,37)/t29-,30+/m1/s1. The maximum absolute atomic E-state index is 14.5. The van der Waals surface area contributed by atoms with E-state index < -0.39 is 34.7 Å². The van der Waals surface area contributed by atoms with Crippen molar-refractivity contribution in [1.29, 1.82) is 0 Å². The van der Waals surface area contributed by atoms with Crippen LogP contribution in [0.25, 0.3) is 0 Å². The summed E-state index contributed by atoms with van der Waals surface area (Å²) in [5.41, 5.74) is -3.42. The van der Waals surface area contributed by atoms with E-state index in [1.54, 1.807) is 101 Å². The smallest absolute Gasteiger partial charge is 0.408 e. The molecule has 1 aliphatic heterocycles. The van der Waals surface area contributed by atoms with Crippen LogP contribution in [-0.2, 0) is 41.5 Å². The fraction of sp³-hybridized carbons (Fsp3) is 0.300. The Morgan fingerprint density at radius 3 is 2.23 bits per heavy atom. The summed E-state index contributed by atoms with van der Waals surface area (Å²) in [7, 11) is 2.78. The molecular weight excluding hydrogens is 600 g/mol. The molecule has 2 atom stereocenters. The number of halogens is 2. The number of carbonyl (C=O) groups excluding carboxylic acids is 3. The van der Waals surface area contributed by atoms with Gasteiger partial charge in [-0.05, 0) is 62.2 Å². The Morgan fingerprint density at radius 2 is 1.62 bits per heavy atom. The molecule has 3 aromatic carbocycles. The van der Waals surface area contributed by atoms with Crippen LogP contribution in [0.3, 0.4) is 0 Å². The second kappa shape index (κ2) is 11.2. The van der Waals surface area contributed by atoms with Crippen LogP contribution in [0.1, 0.15) is 37.5 Å². The highest BCUT2D eigenvalue weighted by molar-refractivity contribution is 9.10. The number of para-hydroxylation sites is 1. The predicted molar refractivity (Wildman–Crippen MR) is 155 cm³/mol. The number of methoxy groups -OCH3 is 1. The number of ether oxygens (including phenoxy) is 3. The fourth-order valence-electron chi connectivity index (χ4n) is 4.90. The van der Waals surface area contributed by atoms with Crippen molar-refractivity contribution in [3.63, 3.8) is 0 Å². The largest absolute Gasteiger partial charge is 0.467 e. The molecule has 0 aliphatic carbocycles. The van der Waals surface area contributed by atoms with E-state index in [0.29, 0.717) is 21.8 Å². The fourth-order valence-corrected chi connectivity index (χ4v) is 5.29. The summed E-state index contributed by atoms with van der Waals surface area (Å²) < 4.78 is 18.3. The van der Waals surface area contributed by atoms with Crippen LogP contribution in [0.5, 0.6) is 0 Å². The quantitative estimate of drug-likeness (QED) is 0.318. The molecular formula is C30H30BrClN2O6. The number of nitrogens with one attached hydrogen (secondary N) is 1. The summed E-state index contributed by atoms with van der Waals surface area (Å²) in [5, 5.41) is 3.32. The monoisotopic (exact) mass is 628 g/mol. The van der Waals surface area contributed by atoms with E-state index in [1.807, 2.05) is 0 Å². The predicted octanol–water partition coefficient (Wildman–Crippen LogP) is 6.08. The summed E-state index contributed by atoms with van der Waals surface area (Å²) in [6.07, 6.45) is -0.911. The van der Waals surface area contributed by atoms with Crippen molar-refractivity contribution in [2.75, 3.05) is 19.1 Å². The van der Waals surface area contributed by atoms with Crippen LogP contribution in [0.4, 0.5) is 10.5 Å². The van der Waals surface area contributed by atoms with Crippen molar-refractivity contribution in [2.24, 2.45) is 0 Å². The molecule has 10 heteroatoms. The van der Waals surface area contributed by atoms with Gasteiger partial charge in [-0.25, -0.2) is 9.59 Å². The highest BCUT2D eigenvalue weighted by Gasteiger charge is 2.70. The van der Waals surface area contributed by atoms with Gasteiger partial charge in [-0.3, -0.25) is 10.1 Å². The Kier molecular flexibility index (Phi) is 8.31. The molecule has 0 radical (unpaired) electrons. The minimum absolute atomic E-state index is 0.126. The lowest BCUT2D eigenvalue weighted by Crippen LogP contribution is -2.69. The third-order valence-corrected chi connectivity index (χ3v) is 7.38. The van der Waals surface area contributed by atoms with Gasteiger partial charge < -0.3 is 19.1 Å². The van der Waals surface area contributed by atoms with E-state index in [2.05, 4.69) is 21.2 Å². The van der Waals surface area contributed by atoms with Crippen LogP contribution < -0.4 is 10.2 Å². The van der Waals surface area contributed by atoms with E-state index >= 15 is 0 Å². The lowest BCUT2D eigenvalue weighted by molar-refractivity contribution is -0.192. The molecule has 0 spiro atoms. The van der Waals surface area contributed by atoms with Crippen LogP contribution >= 0.6 is 27.5 Å². The molecule has 0 aromatic heterocycles. The van der Waals surface area contributed by atoms with Crippen molar-refractivity contribution < 1.29 is 28.6 Å². The number of likely N-dealkylation sites (N-methyl/N-ethyl adjacent to an activating group) is 1. The maximum atomic E-state index is 14.5. The van der Waals surface area contributed by atoms with Crippen molar-refractivity contribution in [3.05, 3.63) is 99.0 Å². The summed E-state index contributed by atoms with van der Waals surface area (Å²) in [5.74, 6) is -1.50. The third kappa shape index (κ3) is 5.21. The molecule has 0 saturated carbocycles. The van der Waals surface area contributed by atoms with Gasteiger partial charge in [-0.2, -0.15) is 0 Å². The highest BCUT2D eigenvalue weighted by Crippen LogP contribution is 2.53. The molecule has 3 aromatic rings. The number of rotatable bonds is 7. The van der Waals surface area contributed by atoms with Gasteiger partial charge in [0, 0.05) is 27.8 Å². The molecule has 0 unspecified atom stereocenters. The topological polar surface area (TPSA) is 94.2 Å². The molecule has 40 heavy (non-hydrogen) atoms. The van der Waals surface area contributed by atoms with Crippen molar-refractivity contribution >= 4 is 51.2 Å². The SMILES string of the molecule is COC(=O)[C@@](OCc1ccc(Cl)cc1)(c1ccc(Br)cc1)[C@]1(NC(=O)OC(C)(C)C)C(=O)N(C)c2ccccc21. The van der Waals surface area contributed by atoms with Gasteiger partial charge in [-0.15, -0.1) is 0 Å². The highest BCUT2D eigenvalue weighted by atomic mass is 79.9. The second-order valence-electron chi connectivity index (χ2n) is 10.4. The number of fused-ring (bicyclic) bond motifs is 1. The number of carbonyl (C=O) groups is 3. The molecule has 1 heterocycles. The number of benzene rings is 3. The number of nitrogens with zero attached hydrogens (tertiary/aromatic N) is 1. The zero-order valence-corrected chi connectivity index (χ0v) is 25.1. The number of alkyl carbamates (subject to hydrolysis) is 1. The van der Waals surface area contributed by atoms with Gasteiger partial charge in [0.1, 0.15) is 5.60 Å². The Hall–Kier alpha value is -3.40. The zero-order valence-electron chi connectivity index (χ0n) is 22.8. The maximum Gasteiger partial charge on any atom is 0.408 e. The van der Waals surface area contributed by atoms with Gasteiger partial charge in [0.05, 0.1) is 13.7 Å². The van der Waals surface area contributed by atoms with Crippen molar-refractivity contribution in [3.8, 4) is 0 Å². The Bertz CT molecular complexity index is 1420. The normalized spacial score (nSPS) is 18.1. The van der Waals surface area contributed by atoms with Gasteiger partial charge >= 0.3 is 12.1 Å². The lowest BCUT2D eigenvalue weighted by atomic mass is 9.70. The molecule has 1 aliphatic rings. The number of amides is 2. The number of hydrogen-bond donors (Lipinski definition) is 1. The summed E-state index contributed by atoms with van der Waals surface area (Å²) >= 11 is 9.51. The zero-order chi connectivity index (χ0) is 29.3. The van der Waals surface area contributed by atoms with Gasteiger partial charge in [0.25, 0.3) is 5.91 Å². The van der Waals surface area contributed by atoms with E-state index in [-0.39, 0.29) is 12.2 Å². The van der Waals surface area contributed by atoms with Crippen LogP contribution in [0.2, 0.25) is 5.02 Å². The first kappa shape index (κ1) is 29.6. The molecule has 210 valence electrons. The molecule has 4 rings (SSSR count). The van der Waals surface area contributed by atoms with E-state index in [1.165, 1.54) is 12.0 Å². The minimum atomic E-state index is -2.20. The lowest BCUT2D eigenvalue weighted by Gasteiger charge is -2.45. The van der Waals surface area contributed by atoms with Crippen molar-refractivity contribution in [1.82, 2.24) is 5.32 Å². The first-order valence-corrected chi connectivity index (χ1v) is 13.6. The average Bonchev–Trinajstić information content (AvgIpc) is 3.12. The number of hydrogen-bond acceptors (Lipinski definition) is 6. The summed E-state index contributed by atoms with van der Waals surface area (Å²) in [6, 6.07) is 20.5. The molecule has 8 nitrogen and oxygen atoms in total. The number of esters is 1. The molecule has 1 N–H and O–H groups in total. The molecule has 0 bridgehead atoms. The Morgan fingerprint density at radius 1 is 1.00 bits per heavy atom. The van der Waals surface area contributed by atoms with Gasteiger partial charge in [0.15, 0.2) is 5.54 Å². The molecule has 0 saturated heterocycles. The Labute approximate surface area is 246 Å². The molecule has 2 amide bonds. The Balaban J connectivity index is 2.05. The summed E-state index contributed by atoms with van der Waals surface area (Å²) in [6.45, 7) is 4.98. The van der Waals surface area contributed by atoms with E-state index in [0.717, 1.165) is 4.47 Å².